The van der Waals surface area contributed by atoms with Crippen LogP contribution in [0.2, 0.25) is 0 Å². The van der Waals surface area contributed by atoms with Crippen molar-refractivity contribution in [2.45, 2.75) is 57.4 Å². The van der Waals surface area contributed by atoms with Crippen molar-refractivity contribution in [3.63, 3.8) is 0 Å². The average Bonchev–Trinajstić information content (AvgIpc) is 3.43. The molecule has 2 amide bonds. The predicted octanol–water partition coefficient (Wildman–Crippen LogP) is 2.88. The van der Waals surface area contributed by atoms with Gasteiger partial charge in [0.15, 0.2) is 0 Å². The number of nitrogens with zero attached hydrogens (tertiary/aromatic N) is 1. The number of amides is 2. The largest absolute Gasteiger partial charge is 0.496 e. The maximum atomic E-state index is 13.0. The molecule has 0 bridgehead atoms. The maximum Gasteiger partial charge on any atom is 0.231 e. The summed E-state index contributed by atoms with van der Waals surface area (Å²) in [6.07, 6.45) is 4.00. The molecule has 5 nitrogen and oxygen atoms in total. The third kappa shape index (κ3) is 3.87. The number of carbonyl (C=O) groups is 2. The summed E-state index contributed by atoms with van der Waals surface area (Å²) in [6.45, 7) is 5.60. The van der Waals surface area contributed by atoms with Gasteiger partial charge < -0.3 is 15.0 Å². The standard InChI is InChI=1S/C21H30N2O3/c1-15(2)14-19(24)23-12-8-16(9-13-23)22-20(25)21(10-11-21)17-6-4-5-7-18(17)26-3/h4-7,15-16H,8-14H2,1-3H3,(H,22,25). The molecule has 0 aromatic heterocycles. The second-order valence-electron chi connectivity index (χ2n) is 8.01. The van der Waals surface area contributed by atoms with E-state index in [0.29, 0.717) is 12.3 Å². The van der Waals surface area contributed by atoms with Crippen LogP contribution in [0.15, 0.2) is 24.3 Å². The minimum Gasteiger partial charge on any atom is -0.496 e. The first kappa shape index (κ1) is 18.7. The number of hydrogen-bond donors (Lipinski definition) is 1. The monoisotopic (exact) mass is 358 g/mol. The average molecular weight is 358 g/mol. The van der Waals surface area contributed by atoms with Crippen LogP contribution < -0.4 is 10.1 Å². The van der Waals surface area contributed by atoms with Gasteiger partial charge in [0.05, 0.1) is 12.5 Å². The molecule has 0 unspecified atom stereocenters. The van der Waals surface area contributed by atoms with Crippen LogP contribution in [0, 0.1) is 5.92 Å². The van der Waals surface area contributed by atoms with E-state index in [-0.39, 0.29) is 17.9 Å². The molecule has 0 atom stereocenters. The zero-order chi connectivity index (χ0) is 18.7. The van der Waals surface area contributed by atoms with Crippen molar-refractivity contribution in [3.05, 3.63) is 29.8 Å². The van der Waals surface area contributed by atoms with Gasteiger partial charge in [-0.1, -0.05) is 32.0 Å². The van der Waals surface area contributed by atoms with Gasteiger partial charge in [0, 0.05) is 31.1 Å². The van der Waals surface area contributed by atoms with Crippen LogP contribution in [-0.4, -0.2) is 43.0 Å². The van der Waals surface area contributed by atoms with Gasteiger partial charge in [0.25, 0.3) is 0 Å². The molecular formula is C21H30N2O3. The van der Waals surface area contributed by atoms with Gasteiger partial charge in [-0.05, 0) is 37.7 Å². The van der Waals surface area contributed by atoms with E-state index in [1.54, 1.807) is 7.11 Å². The Bertz CT molecular complexity index is 659. The molecule has 1 saturated heterocycles. The van der Waals surface area contributed by atoms with E-state index in [9.17, 15) is 9.59 Å². The van der Waals surface area contributed by atoms with E-state index in [4.69, 9.17) is 4.74 Å². The van der Waals surface area contributed by atoms with Crippen molar-refractivity contribution in [2.75, 3.05) is 20.2 Å². The van der Waals surface area contributed by atoms with Crippen molar-refractivity contribution in [2.24, 2.45) is 5.92 Å². The van der Waals surface area contributed by atoms with Crippen LogP contribution in [0.25, 0.3) is 0 Å². The van der Waals surface area contributed by atoms with Crippen molar-refractivity contribution < 1.29 is 14.3 Å². The highest BCUT2D eigenvalue weighted by Crippen LogP contribution is 2.51. The molecule has 5 heteroatoms. The Morgan fingerprint density at radius 1 is 1.23 bits per heavy atom. The second-order valence-corrected chi connectivity index (χ2v) is 8.01. The van der Waals surface area contributed by atoms with Crippen molar-refractivity contribution in [1.29, 1.82) is 0 Å². The quantitative estimate of drug-likeness (QED) is 0.851. The highest BCUT2D eigenvalue weighted by Gasteiger charge is 2.53. The summed E-state index contributed by atoms with van der Waals surface area (Å²) in [5, 5.41) is 3.24. The first-order valence-corrected chi connectivity index (χ1v) is 9.68. The smallest absolute Gasteiger partial charge is 0.231 e. The summed E-state index contributed by atoms with van der Waals surface area (Å²) in [5.41, 5.74) is 0.557. The van der Waals surface area contributed by atoms with Gasteiger partial charge in [0.2, 0.25) is 11.8 Å². The third-order valence-corrected chi connectivity index (χ3v) is 5.57. The van der Waals surface area contributed by atoms with E-state index >= 15 is 0 Å². The van der Waals surface area contributed by atoms with Gasteiger partial charge in [-0.3, -0.25) is 9.59 Å². The van der Waals surface area contributed by atoms with Crippen LogP contribution in [0.1, 0.15) is 51.5 Å². The molecule has 1 aromatic carbocycles. The SMILES string of the molecule is COc1ccccc1C1(C(=O)NC2CCN(C(=O)CC(C)C)CC2)CC1. The molecule has 26 heavy (non-hydrogen) atoms. The highest BCUT2D eigenvalue weighted by atomic mass is 16.5. The normalized spacial score (nSPS) is 19.3. The fourth-order valence-electron chi connectivity index (χ4n) is 3.86. The number of para-hydroxylation sites is 1. The fourth-order valence-corrected chi connectivity index (χ4v) is 3.86. The van der Waals surface area contributed by atoms with Gasteiger partial charge in [-0.25, -0.2) is 0 Å². The second kappa shape index (κ2) is 7.68. The molecule has 1 aliphatic carbocycles. The molecule has 2 fully saturated rings. The van der Waals surface area contributed by atoms with Crippen LogP contribution in [0.5, 0.6) is 5.75 Å². The first-order chi connectivity index (χ1) is 12.5. The molecular weight excluding hydrogens is 328 g/mol. The topological polar surface area (TPSA) is 58.6 Å². The Morgan fingerprint density at radius 3 is 2.46 bits per heavy atom. The zero-order valence-electron chi connectivity index (χ0n) is 16.1. The van der Waals surface area contributed by atoms with E-state index in [1.165, 1.54) is 0 Å². The molecule has 3 rings (SSSR count). The number of likely N-dealkylation sites (tertiary alicyclic amines) is 1. The minimum absolute atomic E-state index is 0.106. The van der Waals surface area contributed by atoms with Gasteiger partial charge >= 0.3 is 0 Å². The predicted molar refractivity (Wildman–Crippen MR) is 101 cm³/mol. The Kier molecular flexibility index (Phi) is 5.54. The fraction of sp³-hybridized carbons (Fsp3) is 0.619. The molecule has 1 heterocycles. The number of benzene rings is 1. The van der Waals surface area contributed by atoms with Crippen molar-refractivity contribution in [1.82, 2.24) is 10.2 Å². The lowest BCUT2D eigenvalue weighted by molar-refractivity contribution is -0.133. The number of carbonyl (C=O) groups excluding carboxylic acids is 2. The summed E-state index contributed by atoms with van der Waals surface area (Å²) in [6, 6.07) is 7.96. The summed E-state index contributed by atoms with van der Waals surface area (Å²) in [7, 11) is 1.65. The lowest BCUT2D eigenvalue weighted by Crippen LogP contribution is -2.49. The van der Waals surface area contributed by atoms with E-state index < -0.39 is 5.41 Å². The molecule has 0 radical (unpaired) electrons. The molecule has 2 aliphatic rings. The Morgan fingerprint density at radius 2 is 1.88 bits per heavy atom. The lowest BCUT2D eigenvalue weighted by atomic mass is 9.92. The van der Waals surface area contributed by atoms with Crippen LogP contribution in [-0.2, 0) is 15.0 Å². The number of piperidine rings is 1. The maximum absolute atomic E-state index is 13.0. The highest BCUT2D eigenvalue weighted by molar-refractivity contribution is 5.92. The summed E-state index contributed by atoms with van der Waals surface area (Å²) in [4.78, 5) is 27.1. The number of methoxy groups -OCH3 is 1. The minimum atomic E-state index is -0.433. The van der Waals surface area contributed by atoms with Gasteiger partial charge in [-0.2, -0.15) is 0 Å². The first-order valence-electron chi connectivity index (χ1n) is 9.68. The Balaban J connectivity index is 1.57. The zero-order valence-corrected chi connectivity index (χ0v) is 16.1. The van der Waals surface area contributed by atoms with Gasteiger partial charge in [0.1, 0.15) is 5.75 Å². The summed E-state index contributed by atoms with van der Waals surface area (Å²) < 4.78 is 5.46. The number of ether oxygens (including phenoxy) is 1. The number of nitrogens with one attached hydrogen (secondary N) is 1. The number of rotatable bonds is 6. The van der Waals surface area contributed by atoms with E-state index in [2.05, 4.69) is 19.2 Å². The molecule has 1 aliphatic heterocycles. The Labute approximate surface area is 156 Å². The molecule has 0 spiro atoms. The molecule has 1 aromatic rings. The van der Waals surface area contributed by atoms with E-state index in [0.717, 1.165) is 50.1 Å². The summed E-state index contributed by atoms with van der Waals surface area (Å²) >= 11 is 0. The molecule has 1 saturated carbocycles. The van der Waals surface area contributed by atoms with Gasteiger partial charge in [-0.15, -0.1) is 0 Å². The Hall–Kier alpha value is -2.04. The molecule has 142 valence electrons. The van der Waals surface area contributed by atoms with E-state index in [1.807, 2.05) is 29.2 Å². The van der Waals surface area contributed by atoms with Crippen molar-refractivity contribution >= 4 is 11.8 Å². The third-order valence-electron chi connectivity index (χ3n) is 5.57. The van der Waals surface area contributed by atoms with Crippen LogP contribution in [0.3, 0.4) is 0 Å². The molecule has 1 N–H and O–H groups in total. The van der Waals surface area contributed by atoms with Crippen LogP contribution >= 0.6 is 0 Å². The summed E-state index contributed by atoms with van der Waals surface area (Å²) in [5.74, 6) is 1.51. The lowest BCUT2D eigenvalue weighted by Gasteiger charge is -2.33. The number of hydrogen-bond acceptors (Lipinski definition) is 3. The van der Waals surface area contributed by atoms with Crippen molar-refractivity contribution in [3.8, 4) is 5.75 Å². The van der Waals surface area contributed by atoms with Crippen LogP contribution in [0.4, 0.5) is 0 Å².